The number of aromatic carboxylic acids is 1. The Labute approximate surface area is 136 Å². The molecule has 0 saturated heterocycles. The lowest BCUT2D eigenvalue weighted by Gasteiger charge is -2.13. The Hall–Kier alpha value is -2.66. The second-order valence-corrected chi connectivity index (χ2v) is 5.24. The van der Waals surface area contributed by atoms with Crippen LogP contribution in [0.5, 0.6) is 5.75 Å². The van der Waals surface area contributed by atoms with Crippen LogP contribution in [0.4, 0.5) is 4.39 Å². The van der Waals surface area contributed by atoms with Gasteiger partial charge in [-0.25, -0.2) is 9.18 Å². The van der Waals surface area contributed by atoms with Crippen LogP contribution in [0.2, 0.25) is 5.02 Å². The summed E-state index contributed by atoms with van der Waals surface area (Å²) in [5.41, 5.74) is 0.897. The van der Waals surface area contributed by atoms with Crippen molar-refractivity contribution in [3.05, 3.63) is 59.0 Å². The molecule has 0 bridgehead atoms. The topological polar surface area (TPSA) is 59.4 Å². The van der Waals surface area contributed by atoms with Gasteiger partial charge in [0.1, 0.15) is 11.6 Å². The SMILES string of the molecule is COc1cccc(Cl)c1-c1ncc(F)c2ccc(C(=O)O)cc12. The van der Waals surface area contributed by atoms with Gasteiger partial charge >= 0.3 is 5.97 Å². The standard InChI is InChI=1S/C17H11ClFNO3/c1-23-14-4-2-3-12(18)15(14)16-11-7-9(17(21)22)5-6-10(11)13(19)8-20-16/h2-8H,1H3,(H,21,22). The fourth-order valence-corrected chi connectivity index (χ4v) is 2.70. The quantitative estimate of drug-likeness (QED) is 0.772. The van der Waals surface area contributed by atoms with Crippen molar-refractivity contribution >= 4 is 28.3 Å². The second-order valence-electron chi connectivity index (χ2n) is 4.84. The lowest BCUT2D eigenvalue weighted by atomic mass is 10.0. The van der Waals surface area contributed by atoms with Crippen molar-refractivity contribution in [2.45, 2.75) is 0 Å². The molecule has 0 aliphatic carbocycles. The average molecular weight is 332 g/mol. The van der Waals surface area contributed by atoms with Gasteiger partial charge in [-0.3, -0.25) is 4.98 Å². The summed E-state index contributed by atoms with van der Waals surface area (Å²) in [4.78, 5) is 15.3. The first-order valence-electron chi connectivity index (χ1n) is 6.67. The summed E-state index contributed by atoms with van der Waals surface area (Å²) in [5, 5.41) is 10.2. The summed E-state index contributed by atoms with van der Waals surface area (Å²) in [6.45, 7) is 0. The molecule has 0 unspecified atom stereocenters. The smallest absolute Gasteiger partial charge is 0.335 e. The van der Waals surface area contributed by atoms with E-state index < -0.39 is 11.8 Å². The highest BCUT2D eigenvalue weighted by Crippen LogP contribution is 2.39. The zero-order valence-corrected chi connectivity index (χ0v) is 12.8. The Morgan fingerprint density at radius 3 is 2.74 bits per heavy atom. The van der Waals surface area contributed by atoms with Crippen LogP contribution in [0, 0.1) is 5.82 Å². The van der Waals surface area contributed by atoms with E-state index >= 15 is 0 Å². The monoisotopic (exact) mass is 331 g/mol. The number of fused-ring (bicyclic) bond motifs is 1. The van der Waals surface area contributed by atoms with Crippen LogP contribution >= 0.6 is 11.6 Å². The molecule has 0 aliphatic rings. The minimum atomic E-state index is -1.10. The van der Waals surface area contributed by atoms with Crippen molar-refractivity contribution < 1.29 is 19.0 Å². The van der Waals surface area contributed by atoms with Gasteiger partial charge in [0.05, 0.1) is 35.2 Å². The number of methoxy groups -OCH3 is 1. The van der Waals surface area contributed by atoms with E-state index in [0.717, 1.165) is 6.20 Å². The number of carbonyl (C=O) groups is 1. The van der Waals surface area contributed by atoms with Crippen LogP contribution in [-0.2, 0) is 0 Å². The summed E-state index contributed by atoms with van der Waals surface area (Å²) in [6, 6.07) is 9.24. The predicted molar refractivity (Wildman–Crippen MR) is 85.7 cm³/mol. The van der Waals surface area contributed by atoms with Gasteiger partial charge in [0.15, 0.2) is 0 Å². The van der Waals surface area contributed by atoms with Crippen LogP contribution in [0.25, 0.3) is 22.0 Å². The third-order valence-electron chi connectivity index (χ3n) is 3.52. The Kier molecular flexibility index (Phi) is 3.88. The van der Waals surface area contributed by atoms with E-state index in [1.807, 2.05) is 0 Å². The minimum absolute atomic E-state index is 0.0390. The molecule has 0 fully saturated rings. The zero-order chi connectivity index (χ0) is 16.6. The van der Waals surface area contributed by atoms with Gasteiger partial charge in [-0.2, -0.15) is 0 Å². The van der Waals surface area contributed by atoms with Crippen LogP contribution in [0.15, 0.2) is 42.6 Å². The largest absolute Gasteiger partial charge is 0.496 e. The number of halogens is 2. The van der Waals surface area contributed by atoms with Gasteiger partial charge in [-0.05, 0) is 24.3 Å². The van der Waals surface area contributed by atoms with E-state index in [2.05, 4.69) is 4.98 Å². The van der Waals surface area contributed by atoms with E-state index in [-0.39, 0.29) is 10.9 Å². The molecule has 0 spiro atoms. The third kappa shape index (κ3) is 2.59. The fraction of sp³-hybridized carbons (Fsp3) is 0.0588. The number of hydrogen-bond acceptors (Lipinski definition) is 3. The van der Waals surface area contributed by atoms with Crippen molar-refractivity contribution in [3.63, 3.8) is 0 Å². The van der Waals surface area contributed by atoms with Gasteiger partial charge in [0.2, 0.25) is 0 Å². The number of rotatable bonds is 3. The van der Waals surface area contributed by atoms with Crippen LogP contribution in [-0.4, -0.2) is 23.2 Å². The third-order valence-corrected chi connectivity index (χ3v) is 3.83. The summed E-state index contributed by atoms with van der Waals surface area (Å²) in [5.74, 6) is -1.17. The molecule has 1 aromatic heterocycles. The number of hydrogen-bond donors (Lipinski definition) is 1. The van der Waals surface area contributed by atoms with Crippen LogP contribution in [0.1, 0.15) is 10.4 Å². The number of ether oxygens (including phenoxy) is 1. The molecule has 3 aromatic rings. The van der Waals surface area contributed by atoms with Crippen molar-refractivity contribution in [1.29, 1.82) is 0 Å². The highest BCUT2D eigenvalue weighted by atomic mass is 35.5. The van der Waals surface area contributed by atoms with Crippen LogP contribution in [0.3, 0.4) is 0 Å². The number of carboxylic acid groups (broad SMARTS) is 1. The molecule has 4 nitrogen and oxygen atoms in total. The molecule has 0 radical (unpaired) electrons. The second kappa shape index (κ2) is 5.85. The predicted octanol–water partition coefficient (Wildman–Crippen LogP) is 4.40. The van der Waals surface area contributed by atoms with E-state index in [0.29, 0.717) is 27.4 Å². The molecule has 23 heavy (non-hydrogen) atoms. The maximum Gasteiger partial charge on any atom is 0.335 e. The van der Waals surface area contributed by atoms with E-state index in [4.69, 9.17) is 21.4 Å². The molecule has 0 saturated carbocycles. The molecule has 0 atom stereocenters. The number of benzene rings is 2. The fourth-order valence-electron chi connectivity index (χ4n) is 2.45. The molecule has 0 amide bonds. The number of nitrogens with zero attached hydrogens (tertiary/aromatic N) is 1. The van der Waals surface area contributed by atoms with Gasteiger partial charge in [0.25, 0.3) is 0 Å². The molecular formula is C17H11ClFNO3. The molecule has 6 heteroatoms. The first-order chi connectivity index (χ1) is 11.0. The van der Waals surface area contributed by atoms with Crippen molar-refractivity contribution in [1.82, 2.24) is 4.98 Å². The maximum atomic E-state index is 14.0. The lowest BCUT2D eigenvalue weighted by molar-refractivity contribution is 0.0697. The summed E-state index contributed by atoms with van der Waals surface area (Å²) >= 11 is 6.26. The van der Waals surface area contributed by atoms with Gasteiger partial charge < -0.3 is 9.84 Å². The Balaban J connectivity index is 2.41. The van der Waals surface area contributed by atoms with Gasteiger partial charge in [-0.15, -0.1) is 0 Å². The Morgan fingerprint density at radius 1 is 1.26 bits per heavy atom. The minimum Gasteiger partial charge on any atom is -0.496 e. The van der Waals surface area contributed by atoms with E-state index in [1.54, 1.807) is 18.2 Å². The molecule has 1 heterocycles. The molecule has 3 rings (SSSR count). The number of carboxylic acids is 1. The summed E-state index contributed by atoms with van der Waals surface area (Å²) in [7, 11) is 1.49. The Bertz CT molecular complexity index is 927. The van der Waals surface area contributed by atoms with Crippen molar-refractivity contribution in [2.24, 2.45) is 0 Å². The maximum absolute atomic E-state index is 14.0. The lowest BCUT2D eigenvalue weighted by Crippen LogP contribution is -1.98. The van der Waals surface area contributed by atoms with Crippen molar-refractivity contribution in [2.75, 3.05) is 7.11 Å². The highest BCUT2D eigenvalue weighted by molar-refractivity contribution is 6.34. The normalized spacial score (nSPS) is 10.7. The first-order valence-corrected chi connectivity index (χ1v) is 7.05. The zero-order valence-electron chi connectivity index (χ0n) is 12.0. The highest BCUT2D eigenvalue weighted by Gasteiger charge is 2.17. The summed E-state index contributed by atoms with van der Waals surface area (Å²) in [6.07, 6.45) is 1.08. The van der Waals surface area contributed by atoms with E-state index in [9.17, 15) is 9.18 Å². The average Bonchev–Trinajstić information content (AvgIpc) is 2.55. The molecule has 2 aromatic carbocycles. The molecule has 0 aliphatic heterocycles. The first kappa shape index (κ1) is 15.2. The van der Waals surface area contributed by atoms with Gasteiger partial charge in [-0.1, -0.05) is 23.7 Å². The Morgan fingerprint density at radius 2 is 2.04 bits per heavy atom. The number of pyridine rings is 1. The summed E-state index contributed by atoms with van der Waals surface area (Å²) < 4.78 is 19.3. The molecular weight excluding hydrogens is 321 g/mol. The number of aromatic nitrogens is 1. The molecule has 116 valence electrons. The van der Waals surface area contributed by atoms with E-state index in [1.165, 1.54) is 25.3 Å². The van der Waals surface area contributed by atoms with Gasteiger partial charge in [0, 0.05) is 10.8 Å². The molecule has 1 N–H and O–H groups in total. The van der Waals surface area contributed by atoms with Crippen molar-refractivity contribution in [3.8, 4) is 17.0 Å². The van der Waals surface area contributed by atoms with Crippen LogP contribution < -0.4 is 4.74 Å².